The van der Waals surface area contributed by atoms with E-state index in [1.54, 1.807) is 11.3 Å². The fourth-order valence-electron chi connectivity index (χ4n) is 2.36. The van der Waals surface area contributed by atoms with E-state index in [2.05, 4.69) is 11.9 Å². The van der Waals surface area contributed by atoms with Crippen molar-refractivity contribution in [1.29, 1.82) is 0 Å². The van der Waals surface area contributed by atoms with Gasteiger partial charge in [-0.25, -0.2) is 4.98 Å². The minimum atomic E-state index is -0.781. The zero-order valence-corrected chi connectivity index (χ0v) is 10.3. The monoisotopic (exact) mass is 239 g/mol. The zero-order chi connectivity index (χ0) is 11.5. The van der Waals surface area contributed by atoms with Gasteiger partial charge in [0.05, 0.1) is 12.1 Å². The topological polar surface area (TPSA) is 50.2 Å². The van der Waals surface area contributed by atoms with Gasteiger partial charge in [-0.2, -0.15) is 0 Å². The van der Waals surface area contributed by atoms with E-state index in [4.69, 9.17) is 5.11 Å². The normalized spacial score (nSPS) is 19.4. The Morgan fingerprint density at radius 2 is 2.44 bits per heavy atom. The Labute approximate surface area is 99.5 Å². The molecule has 0 aromatic carbocycles. The average Bonchev–Trinajstić information content (AvgIpc) is 2.58. The molecule has 88 valence electrons. The Morgan fingerprint density at radius 1 is 1.62 bits per heavy atom. The van der Waals surface area contributed by atoms with Gasteiger partial charge in [-0.3, -0.25) is 4.79 Å². The van der Waals surface area contributed by atoms with E-state index in [1.807, 2.05) is 0 Å². The fraction of sp³-hybridized carbons (Fsp3) is 0.667. The van der Waals surface area contributed by atoms with Crippen LogP contribution in [-0.2, 0) is 24.1 Å². The lowest BCUT2D eigenvalue weighted by Gasteiger charge is -2.20. The van der Waals surface area contributed by atoms with Gasteiger partial charge >= 0.3 is 5.97 Å². The minimum Gasteiger partial charge on any atom is -0.481 e. The van der Waals surface area contributed by atoms with Crippen LogP contribution in [0.3, 0.4) is 0 Å². The molecule has 0 fully saturated rings. The number of carboxylic acids is 1. The molecule has 0 saturated heterocycles. The molecule has 1 N–H and O–H groups in total. The van der Waals surface area contributed by atoms with Crippen molar-refractivity contribution in [2.45, 2.75) is 45.4 Å². The largest absolute Gasteiger partial charge is 0.481 e. The molecule has 3 nitrogen and oxygen atoms in total. The number of carboxylic acid groups (broad SMARTS) is 1. The summed E-state index contributed by atoms with van der Waals surface area (Å²) in [6.45, 7) is 2.22. The second-order valence-electron chi connectivity index (χ2n) is 4.45. The number of thiazole rings is 1. The van der Waals surface area contributed by atoms with Crippen LogP contribution in [0.25, 0.3) is 0 Å². The summed E-state index contributed by atoms with van der Waals surface area (Å²) in [6.07, 6.45) is 5.97. The smallest absolute Gasteiger partial charge is 0.310 e. The van der Waals surface area contributed by atoms with E-state index in [0.717, 1.165) is 29.5 Å². The lowest BCUT2D eigenvalue weighted by Crippen LogP contribution is -2.12. The highest BCUT2D eigenvalue weighted by Gasteiger charge is 2.22. The standard InChI is InChI=1S/C12H17NO2S/c1-2-3-8-4-5-9-10(6-8)16-11(13-9)7-12(14)15/h8H,2-7H2,1H3,(H,14,15). The Morgan fingerprint density at radius 3 is 3.12 bits per heavy atom. The maximum absolute atomic E-state index is 10.6. The second kappa shape index (κ2) is 4.95. The summed E-state index contributed by atoms with van der Waals surface area (Å²) in [7, 11) is 0. The molecule has 1 aliphatic rings. The van der Waals surface area contributed by atoms with Gasteiger partial charge in [0, 0.05) is 4.88 Å². The summed E-state index contributed by atoms with van der Waals surface area (Å²) in [5, 5.41) is 9.50. The lowest BCUT2D eigenvalue weighted by atomic mass is 9.88. The van der Waals surface area contributed by atoms with Crippen LogP contribution in [0.5, 0.6) is 0 Å². The van der Waals surface area contributed by atoms with Gasteiger partial charge in [0.15, 0.2) is 0 Å². The summed E-state index contributed by atoms with van der Waals surface area (Å²) in [5.41, 5.74) is 1.16. The van der Waals surface area contributed by atoms with E-state index in [0.29, 0.717) is 0 Å². The molecule has 1 atom stereocenters. The number of fused-ring (bicyclic) bond motifs is 1. The third kappa shape index (κ3) is 2.61. The van der Waals surface area contributed by atoms with Crippen LogP contribution in [0.4, 0.5) is 0 Å². The second-order valence-corrected chi connectivity index (χ2v) is 5.61. The van der Waals surface area contributed by atoms with Gasteiger partial charge in [0.1, 0.15) is 5.01 Å². The Balaban J connectivity index is 2.07. The van der Waals surface area contributed by atoms with Crippen molar-refractivity contribution >= 4 is 17.3 Å². The van der Waals surface area contributed by atoms with Crippen LogP contribution >= 0.6 is 11.3 Å². The van der Waals surface area contributed by atoms with Gasteiger partial charge in [-0.05, 0) is 25.2 Å². The number of nitrogens with zero attached hydrogens (tertiary/aromatic N) is 1. The summed E-state index contributed by atoms with van der Waals surface area (Å²) >= 11 is 1.60. The molecule has 1 unspecified atom stereocenters. The fourth-order valence-corrected chi connectivity index (χ4v) is 3.58. The quantitative estimate of drug-likeness (QED) is 0.878. The van der Waals surface area contributed by atoms with Gasteiger partial charge in [0.25, 0.3) is 0 Å². The molecule has 16 heavy (non-hydrogen) atoms. The van der Waals surface area contributed by atoms with Crippen LogP contribution in [0.1, 0.15) is 41.8 Å². The Bertz CT molecular complexity index is 386. The molecule has 1 heterocycles. The first-order valence-electron chi connectivity index (χ1n) is 5.88. The first-order chi connectivity index (χ1) is 7.69. The van der Waals surface area contributed by atoms with Crippen molar-refractivity contribution in [1.82, 2.24) is 4.98 Å². The molecule has 1 aromatic heterocycles. The van der Waals surface area contributed by atoms with Crippen LogP contribution in [0.15, 0.2) is 0 Å². The third-order valence-corrected chi connectivity index (χ3v) is 4.21. The molecule has 0 amide bonds. The SMILES string of the molecule is CCCC1CCc2nc(CC(=O)O)sc2C1. The number of aryl methyl sites for hydroxylation is 1. The highest BCUT2D eigenvalue weighted by Crippen LogP contribution is 2.32. The number of hydrogen-bond donors (Lipinski definition) is 1. The Kier molecular flexibility index (Phi) is 3.59. The molecular formula is C12H17NO2S. The van der Waals surface area contributed by atoms with Crippen LogP contribution in [0.2, 0.25) is 0 Å². The molecule has 2 rings (SSSR count). The summed E-state index contributed by atoms with van der Waals surface area (Å²) in [4.78, 5) is 16.4. The van der Waals surface area contributed by atoms with Crippen molar-refractivity contribution in [2.24, 2.45) is 5.92 Å². The van der Waals surface area contributed by atoms with E-state index in [1.165, 1.54) is 24.1 Å². The van der Waals surface area contributed by atoms with Crippen molar-refractivity contribution in [3.8, 4) is 0 Å². The predicted molar refractivity (Wildman–Crippen MR) is 63.9 cm³/mol. The summed E-state index contributed by atoms with van der Waals surface area (Å²) in [6, 6.07) is 0. The van der Waals surface area contributed by atoms with Crippen molar-refractivity contribution < 1.29 is 9.90 Å². The highest BCUT2D eigenvalue weighted by molar-refractivity contribution is 7.11. The summed E-state index contributed by atoms with van der Waals surface area (Å²) in [5.74, 6) is 0.00633. The molecule has 0 saturated carbocycles. The van der Waals surface area contributed by atoms with Crippen LogP contribution in [-0.4, -0.2) is 16.1 Å². The van der Waals surface area contributed by atoms with E-state index < -0.39 is 5.97 Å². The van der Waals surface area contributed by atoms with Gasteiger partial charge in [0.2, 0.25) is 0 Å². The maximum Gasteiger partial charge on any atom is 0.310 e. The number of aliphatic carboxylic acids is 1. The van der Waals surface area contributed by atoms with Crippen molar-refractivity contribution in [2.75, 3.05) is 0 Å². The lowest BCUT2D eigenvalue weighted by molar-refractivity contribution is -0.136. The zero-order valence-electron chi connectivity index (χ0n) is 9.53. The first kappa shape index (κ1) is 11.6. The molecule has 0 aliphatic heterocycles. The van der Waals surface area contributed by atoms with Gasteiger partial charge in [-0.15, -0.1) is 11.3 Å². The van der Waals surface area contributed by atoms with E-state index in [9.17, 15) is 4.79 Å². The number of hydrogen-bond acceptors (Lipinski definition) is 3. The van der Waals surface area contributed by atoms with Crippen LogP contribution < -0.4 is 0 Å². The number of carbonyl (C=O) groups is 1. The number of aromatic nitrogens is 1. The van der Waals surface area contributed by atoms with Crippen molar-refractivity contribution in [3.05, 3.63) is 15.6 Å². The molecule has 1 aromatic rings. The molecular weight excluding hydrogens is 222 g/mol. The average molecular weight is 239 g/mol. The first-order valence-corrected chi connectivity index (χ1v) is 6.70. The van der Waals surface area contributed by atoms with E-state index in [-0.39, 0.29) is 6.42 Å². The molecule has 0 spiro atoms. The molecule has 4 heteroatoms. The molecule has 1 aliphatic carbocycles. The van der Waals surface area contributed by atoms with Crippen molar-refractivity contribution in [3.63, 3.8) is 0 Å². The van der Waals surface area contributed by atoms with Gasteiger partial charge in [-0.1, -0.05) is 19.8 Å². The predicted octanol–water partition coefficient (Wildman–Crippen LogP) is 2.68. The highest BCUT2D eigenvalue weighted by atomic mass is 32.1. The summed E-state index contributed by atoms with van der Waals surface area (Å²) < 4.78 is 0. The van der Waals surface area contributed by atoms with E-state index >= 15 is 0 Å². The number of rotatable bonds is 4. The Hall–Kier alpha value is -0.900. The maximum atomic E-state index is 10.6. The molecule has 0 bridgehead atoms. The third-order valence-electron chi connectivity index (χ3n) is 3.09. The minimum absolute atomic E-state index is 0.0795. The van der Waals surface area contributed by atoms with Crippen LogP contribution in [0, 0.1) is 5.92 Å². The molecule has 0 radical (unpaired) electrons. The van der Waals surface area contributed by atoms with Gasteiger partial charge < -0.3 is 5.11 Å².